The second kappa shape index (κ2) is 3.00. The van der Waals surface area contributed by atoms with Crippen LogP contribution in [0.5, 0.6) is 0 Å². The molecule has 0 spiro atoms. The predicted molar refractivity (Wildman–Crippen MR) is 59.1 cm³/mol. The van der Waals surface area contributed by atoms with Crippen LogP contribution >= 0.6 is 22.9 Å². The van der Waals surface area contributed by atoms with Crippen LogP contribution in [-0.2, 0) is 6.42 Å². The molecule has 0 amide bonds. The molecule has 0 saturated carbocycles. The van der Waals surface area contributed by atoms with E-state index < -0.39 is 0 Å². The van der Waals surface area contributed by atoms with Gasteiger partial charge in [-0.2, -0.15) is 5.10 Å². The maximum atomic E-state index is 5.90. The molecule has 3 nitrogen and oxygen atoms in total. The van der Waals surface area contributed by atoms with Crippen LogP contribution in [0.15, 0.2) is 12.1 Å². The molecule has 0 radical (unpaired) electrons. The average molecular weight is 226 g/mol. The van der Waals surface area contributed by atoms with Crippen LogP contribution in [0.4, 0.5) is 5.82 Å². The third-order valence-electron chi connectivity index (χ3n) is 2.35. The van der Waals surface area contributed by atoms with Gasteiger partial charge in [-0.3, -0.25) is 5.10 Å². The van der Waals surface area contributed by atoms with E-state index in [0.29, 0.717) is 0 Å². The number of aromatic nitrogens is 2. The third kappa shape index (κ3) is 1.14. The Hall–Kier alpha value is -1.00. The molecule has 2 aromatic heterocycles. The van der Waals surface area contributed by atoms with Gasteiger partial charge in [0, 0.05) is 12.1 Å². The number of hydrogen-bond donors (Lipinski definition) is 2. The van der Waals surface area contributed by atoms with E-state index in [2.05, 4.69) is 15.5 Å². The molecule has 14 heavy (non-hydrogen) atoms. The number of rotatable bonds is 1. The Kier molecular flexibility index (Phi) is 1.78. The number of nitrogens with zero attached hydrogens (tertiary/aromatic N) is 1. The first-order chi connectivity index (χ1) is 6.84. The summed E-state index contributed by atoms with van der Waals surface area (Å²) in [7, 11) is 0. The van der Waals surface area contributed by atoms with Crippen molar-refractivity contribution in [1.82, 2.24) is 10.2 Å². The Morgan fingerprint density at radius 2 is 2.36 bits per heavy atom. The largest absolute Gasteiger partial charge is 0.368 e. The summed E-state index contributed by atoms with van der Waals surface area (Å²) in [5.41, 5.74) is 2.39. The highest BCUT2D eigenvalue weighted by molar-refractivity contribution is 7.19. The zero-order chi connectivity index (χ0) is 9.54. The Morgan fingerprint density at radius 3 is 3.14 bits per heavy atom. The van der Waals surface area contributed by atoms with E-state index in [9.17, 15) is 0 Å². The molecule has 2 N–H and O–H groups in total. The zero-order valence-electron chi connectivity index (χ0n) is 7.30. The van der Waals surface area contributed by atoms with E-state index >= 15 is 0 Å². The van der Waals surface area contributed by atoms with Crippen LogP contribution in [0.2, 0.25) is 4.34 Å². The van der Waals surface area contributed by atoms with Crippen LogP contribution in [-0.4, -0.2) is 16.7 Å². The minimum absolute atomic E-state index is 0.814. The van der Waals surface area contributed by atoms with Gasteiger partial charge < -0.3 is 5.32 Å². The van der Waals surface area contributed by atoms with Crippen LogP contribution in [0.3, 0.4) is 0 Å². The molecule has 3 heterocycles. The quantitative estimate of drug-likeness (QED) is 0.784. The fraction of sp³-hybridized carbons (Fsp3) is 0.222. The number of fused-ring (bicyclic) bond motifs is 1. The van der Waals surface area contributed by atoms with Crippen molar-refractivity contribution >= 4 is 28.8 Å². The minimum Gasteiger partial charge on any atom is -0.368 e. The van der Waals surface area contributed by atoms with Crippen molar-refractivity contribution in [2.24, 2.45) is 0 Å². The molecule has 0 bridgehead atoms. The molecule has 0 fully saturated rings. The normalized spacial score (nSPS) is 14.1. The number of halogens is 1. The molecular formula is C9H8ClN3S. The lowest BCUT2D eigenvalue weighted by molar-refractivity contribution is 1.04. The molecule has 2 aromatic rings. The maximum absolute atomic E-state index is 5.90. The molecule has 72 valence electrons. The van der Waals surface area contributed by atoms with E-state index in [0.717, 1.165) is 33.7 Å². The third-order valence-corrected chi connectivity index (χ3v) is 3.60. The van der Waals surface area contributed by atoms with Crippen LogP contribution in [0.25, 0.3) is 10.6 Å². The summed E-state index contributed by atoms with van der Waals surface area (Å²) in [5.74, 6) is 0.990. The summed E-state index contributed by atoms with van der Waals surface area (Å²) in [5, 5.41) is 10.5. The first kappa shape index (κ1) is 8.32. The maximum Gasteiger partial charge on any atom is 0.151 e. The molecule has 0 aliphatic carbocycles. The molecule has 1 aliphatic heterocycles. The summed E-state index contributed by atoms with van der Waals surface area (Å²) in [6.07, 6.45) is 1.04. The number of hydrogen-bond acceptors (Lipinski definition) is 3. The molecule has 1 aliphatic rings. The van der Waals surface area contributed by atoms with Gasteiger partial charge in [-0.15, -0.1) is 11.3 Å². The van der Waals surface area contributed by atoms with Gasteiger partial charge in [0.2, 0.25) is 0 Å². The smallest absolute Gasteiger partial charge is 0.151 e. The Morgan fingerprint density at radius 1 is 1.43 bits per heavy atom. The number of thiophene rings is 1. The van der Waals surface area contributed by atoms with Crippen molar-refractivity contribution in [3.63, 3.8) is 0 Å². The molecule has 5 heteroatoms. The van der Waals surface area contributed by atoms with Crippen molar-refractivity contribution in [2.75, 3.05) is 11.9 Å². The van der Waals surface area contributed by atoms with Crippen molar-refractivity contribution in [3.05, 3.63) is 22.0 Å². The van der Waals surface area contributed by atoms with Gasteiger partial charge in [0.15, 0.2) is 5.82 Å². The highest BCUT2D eigenvalue weighted by Gasteiger charge is 2.19. The lowest BCUT2D eigenvalue weighted by Gasteiger charge is -1.93. The first-order valence-electron chi connectivity index (χ1n) is 4.41. The number of H-pyrrole nitrogens is 1. The van der Waals surface area contributed by atoms with Crippen molar-refractivity contribution in [3.8, 4) is 10.6 Å². The second-order valence-electron chi connectivity index (χ2n) is 3.21. The van der Waals surface area contributed by atoms with E-state index in [1.807, 2.05) is 12.1 Å². The van der Waals surface area contributed by atoms with E-state index in [1.165, 1.54) is 5.56 Å². The van der Waals surface area contributed by atoms with E-state index in [4.69, 9.17) is 11.6 Å². The van der Waals surface area contributed by atoms with Gasteiger partial charge in [0.1, 0.15) is 0 Å². The summed E-state index contributed by atoms with van der Waals surface area (Å²) in [6, 6.07) is 3.94. The van der Waals surface area contributed by atoms with E-state index in [1.54, 1.807) is 11.3 Å². The zero-order valence-corrected chi connectivity index (χ0v) is 8.87. The lowest BCUT2D eigenvalue weighted by atomic mass is 10.2. The van der Waals surface area contributed by atoms with Gasteiger partial charge in [0.25, 0.3) is 0 Å². The summed E-state index contributed by atoms with van der Waals surface area (Å²) < 4.78 is 0.814. The predicted octanol–water partition coefficient (Wildman–Crippen LogP) is 2.76. The fourth-order valence-corrected chi connectivity index (χ4v) is 2.78. The topological polar surface area (TPSA) is 40.7 Å². The van der Waals surface area contributed by atoms with Gasteiger partial charge in [-0.05, 0) is 18.6 Å². The second-order valence-corrected chi connectivity index (χ2v) is 4.92. The van der Waals surface area contributed by atoms with Crippen molar-refractivity contribution in [2.45, 2.75) is 6.42 Å². The molecule has 0 unspecified atom stereocenters. The van der Waals surface area contributed by atoms with Crippen LogP contribution in [0, 0.1) is 0 Å². The fourth-order valence-electron chi connectivity index (χ4n) is 1.71. The minimum atomic E-state index is 0.814. The number of anilines is 1. The van der Waals surface area contributed by atoms with Gasteiger partial charge in [-0.1, -0.05) is 11.6 Å². The number of nitrogens with one attached hydrogen (secondary N) is 2. The highest BCUT2D eigenvalue weighted by Crippen LogP contribution is 2.35. The Bertz CT molecular complexity index is 474. The monoisotopic (exact) mass is 225 g/mol. The standard InChI is InChI=1S/C9H8ClN3S/c10-7-2-1-6(14-7)8-5-3-4-11-9(5)13-12-8/h1-2H,3-4H2,(H2,11,12,13). The lowest BCUT2D eigenvalue weighted by Crippen LogP contribution is -1.94. The molecular weight excluding hydrogens is 218 g/mol. The molecule has 0 atom stereocenters. The van der Waals surface area contributed by atoms with Crippen LogP contribution in [0.1, 0.15) is 5.56 Å². The van der Waals surface area contributed by atoms with E-state index in [-0.39, 0.29) is 0 Å². The van der Waals surface area contributed by atoms with Crippen molar-refractivity contribution in [1.29, 1.82) is 0 Å². The number of aromatic amines is 1. The summed E-state index contributed by atoms with van der Waals surface area (Å²) in [6.45, 7) is 0.985. The summed E-state index contributed by atoms with van der Waals surface area (Å²) >= 11 is 7.47. The van der Waals surface area contributed by atoms with Crippen LogP contribution < -0.4 is 5.32 Å². The molecule has 0 aromatic carbocycles. The summed E-state index contributed by atoms with van der Waals surface area (Å²) in [4.78, 5) is 1.16. The average Bonchev–Trinajstić information content (AvgIpc) is 2.77. The van der Waals surface area contributed by atoms with Gasteiger partial charge in [0.05, 0.1) is 14.9 Å². The Labute approximate surface area is 90.1 Å². The SMILES string of the molecule is Clc1ccc(-c2[nH]nc3c2CCN3)s1. The molecule has 0 saturated heterocycles. The van der Waals surface area contributed by atoms with Gasteiger partial charge in [-0.25, -0.2) is 0 Å². The first-order valence-corrected chi connectivity index (χ1v) is 5.61. The molecule has 3 rings (SSSR count). The van der Waals surface area contributed by atoms with Crippen molar-refractivity contribution < 1.29 is 0 Å². The Balaban J connectivity index is 2.12. The van der Waals surface area contributed by atoms with Gasteiger partial charge >= 0.3 is 0 Å². The highest BCUT2D eigenvalue weighted by atomic mass is 35.5.